The van der Waals surface area contributed by atoms with Crippen LogP contribution in [0, 0.1) is 5.82 Å². The highest BCUT2D eigenvalue weighted by Gasteiger charge is 2.22. The molecular weight excluding hydrogens is 309 g/mol. The van der Waals surface area contributed by atoms with Crippen LogP contribution in [-0.4, -0.2) is 23.7 Å². The van der Waals surface area contributed by atoms with Gasteiger partial charge in [0.1, 0.15) is 18.2 Å². The van der Waals surface area contributed by atoms with Crippen molar-refractivity contribution in [1.82, 2.24) is 5.32 Å². The van der Waals surface area contributed by atoms with E-state index in [1.54, 1.807) is 13.0 Å². The fourth-order valence-electron chi connectivity index (χ4n) is 2.57. The van der Waals surface area contributed by atoms with E-state index in [9.17, 15) is 14.3 Å². The van der Waals surface area contributed by atoms with Crippen LogP contribution in [0.3, 0.4) is 0 Å². The molecule has 1 heterocycles. The van der Waals surface area contributed by atoms with Gasteiger partial charge in [-0.2, -0.15) is 0 Å². The molecule has 5 heteroatoms. The Balaban J connectivity index is 1.68. The number of ether oxygens (including phenoxy) is 1. The second-order valence-corrected chi connectivity index (χ2v) is 5.75. The fourth-order valence-corrected chi connectivity index (χ4v) is 2.57. The number of halogens is 1. The summed E-state index contributed by atoms with van der Waals surface area (Å²) >= 11 is 0. The van der Waals surface area contributed by atoms with E-state index in [0.29, 0.717) is 11.1 Å². The van der Waals surface area contributed by atoms with E-state index in [1.807, 2.05) is 24.3 Å². The summed E-state index contributed by atoms with van der Waals surface area (Å²) in [6.07, 6.45) is 0.859. The molecule has 2 aromatic carbocycles. The summed E-state index contributed by atoms with van der Waals surface area (Å²) in [6.45, 7) is 1.88. The molecule has 0 aliphatic carbocycles. The maximum atomic E-state index is 13.0. The van der Waals surface area contributed by atoms with Crippen LogP contribution in [0.25, 0.3) is 6.08 Å². The molecule has 0 bridgehead atoms. The second kappa shape index (κ2) is 6.84. The van der Waals surface area contributed by atoms with E-state index >= 15 is 0 Å². The predicted molar refractivity (Wildman–Crippen MR) is 88.9 cm³/mol. The summed E-state index contributed by atoms with van der Waals surface area (Å²) in [4.78, 5) is 12.4. The number of benzene rings is 2. The van der Waals surface area contributed by atoms with Crippen molar-refractivity contribution < 1.29 is 19.0 Å². The molecule has 0 spiro atoms. The lowest BCUT2D eigenvalue weighted by Gasteiger charge is -2.23. The number of hydrogen-bond donors (Lipinski definition) is 2. The molecule has 0 fully saturated rings. The summed E-state index contributed by atoms with van der Waals surface area (Å²) < 4.78 is 18.5. The van der Waals surface area contributed by atoms with Gasteiger partial charge in [-0.3, -0.25) is 4.79 Å². The van der Waals surface area contributed by atoms with Crippen molar-refractivity contribution in [3.63, 3.8) is 0 Å². The third-order valence-electron chi connectivity index (χ3n) is 3.97. The molecule has 1 amide bonds. The molecule has 1 aliphatic heterocycles. The van der Waals surface area contributed by atoms with E-state index in [0.717, 1.165) is 11.3 Å². The first-order chi connectivity index (χ1) is 11.5. The average molecular weight is 327 g/mol. The monoisotopic (exact) mass is 327 g/mol. The van der Waals surface area contributed by atoms with E-state index in [1.165, 1.54) is 24.3 Å². The third-order valence-corrected chi connectivity index (χ3v) is 3.97. The maximum absolute atomic E-state index is 13.0. The Morgan fingerprint density at radius 3 is 2.67 bits per heavy atom. The number of aliphatic hydroxyl groups excluding tert-OH is 1. The van der Waals surface area contributed by atoms with Gasteiger partial charge in [-0.25, -0.2) is 4.39 Å². The largest absolute Gasteiger partial charge is 0.488 e. The van der Waals surface area contributed by atoms with Crippen molar-refractivity contribution in [3.8, 4) is 5.75 Å². The van der Waals surface area contributed by atoms with Crippen molar-refractivity contribution in [2.45, 2.75) is 19.1 Å². The van der Waals surface area contributed by atoms with Crippen LogP contribution >= 0.6 is 0 Å². The zero-order chi connectivity index (χ0) is 17.1. The molecule has 4 nitrogen and oxygen atoms in total. The van der Waals surface area contributed by atoms with Gasteiger partial charge >= 0.3 is 0 Å². The lowest BCUT2D eigenvalue weighted by Crippen LogP contribution is -2.39. The minimum absolute atomic E-state index is 0.183. The molecule has 0 saturated carbocycles. The van der Waals surface area contributed by atoms with E-state index in [2.05, 4.69) is 5.32 Å². The number of fused-ring (bicyclic) bond motifs is 1. The zero-order valence-electron chi connectivity index (χ0n) is 13.2. The second-order valence-electron chi connectivity index (χ2n) is 5.75. The number of para-hydroxylation sites is 1. The van der Waals surface area contributed by atoms with Crippen molar-refractivity contribution in [2.75, 3.05) is 6.61 Å². The van der Waals surface area contributed by atoms with Crippen LogP contribution in [-0.2, 0) is 4.79 Å². The molecule has 24 heavy (non-hydrogen) atoms. The highest BCUT2D eigenvalue weighted by molar-refractivity contribution is 5.99. The van der Waals surface area contributed by atoms with Gasteiger partial charge in [0.05, 0.1) is 17.7 Å². The smallest absolute Gasteiger partial charge is 0.250 e. The van der Waals surface area contributed by atoms with E-state index < -0.39 is 12.1 Å². The molecule has 2 aromatic rings. The minimum Gasteiger partial charge on any atom is -0.488 e. The van der Waals surface area contributed by atoms with Crippen LogP contribution in [0.15, 0.2) is 54.1 Å². The summed E-state index contributed by atoms with van der Waals surface area (Å²) in [6, 6.07) is 12.5. The number of carbonyl (C=O) groups excluding carboxylic acids is 1. The topological polar surface area (TPSA) is 58.6 Å². The summed E-state index contributed by atoms with van der Waals surface area (Å²) in [5.74, 6) is 0.0809. The molecule has 3 rings (SSSR count). The average Bonchev–Trinajstić information content (AvgIpc) is 2.61. The van der Waals surface area contributed by atoms with Crippen molar-refractivity contribution in [2.24, 2.45) is 0 Å². The highest BCUT2D eigenvalue weighted by atomic mass is 19.1. The SMILES string of the molecule is CC(NC(=O)C1=Cc2ccccc2OC1)C(O)c1ccc(F)cc1. The van der Waals surface area contributed by atoms with Crippen molar-refractivity contribution in [1.29, 1.82) is 0 Å². The Bertz CT molecular complexity index is 770. The first-order valence-corrected chi connectivity index (χ1v) is 7.71. The first kappa shape index (κ1) is 16.2. The maximum Gasteiger partial charge on any atom is 0.250 e. The summed E-state index contributed by atoms with van der Waals surface area (Å²) in [7, 11) is 0. The number of nitrogens with one attached hydrogen (secondary N) is 1. The normalized spacial score (nSPS) is 15.5. The Morgan fingerprint density at radius 2 is 1.92 bits per heavy atom. The van der Waals surface area contributed by atoms with Gasteiger partial charge in [-0.1, -0.05) is 30.3 Å². The standard InChI is InChI=1S/C19H18FNO3/c1-12(18(22)13-6-8-16(20)9-7-13)21-19(23)15-10-14-4-2-3-5-17(14)24-11-15/h2-10,12,18,22H,11H2,1H3,(H,21,23). The van der Waals surface area contributed by atoms with Crippen molar-refractivity contribution in [3.05, 3.63) is 71.0 Å². The molecule has 0 aromatic heterocycles. The summed E-state index contributed by atoms with van der Waals surface area (Å²) in [5.41, 5.74) is 1.89. The number of amides is 1. The van der Waals surface area contributed by atoms with E-state index in [4.69, 9.17) is 4.74 Å². The molecule has 124 valence electrons. The molecular formula is C19H18FNO3. The molecule has 2 atom stereocenters. The lowest BCUT2D eigenvalue weighted by molar-refractivity contribution is -0.119. The van der Waals surface area contributed by atoms with Crippen LogP contribution in [0.4, 0.5) is 4.39 Å². The minimum atomic E-state index is -0.924. The Kier molecular flexibility index (Phi) is 4.62. The van der Waals surface area contributed by atoms with Gasteiger partial charge in [0.2, 0.25) is 0 Å². The zero-order valence-corrected chi connectivity index (χ0v) is 13.2. The van der Waals surface area contributed by atoms with Crippen LogP contribution in [0.5, 0.6) is 5.75 Å². The molecule has 0 radical (unpaired) electrons. The Hall–Kier alpha value is -2.66. The first-order valence-electron chi connectivity index (χ1n) is 7.71. The Morgan fingerprint density at radius 1 is 1.21 bits per heavy atom. The molecule has 2 N–H and O–H groups in total. The molecule has 2 unspecified atom stereocenters. The quantitative estimate of drug-likeness (QED) is 0.908. The highest BCUT2D eigenvalue weighted by Crippen LogP contribution is 2.26. The number of rotatable bonds is 4. The Labute approximate surface area is 139 Å². The van der Waals surface area contributed by atoms with Gasteiger partial charge < -0.3 is 15.2 Å². The number of carbonyl (C=O) groups is 1. The lowest BCUT2D eigenvalue weighted by atomic mass is 10.0. The van der Waals surface area contributed by atoms with E-state index in [-0.39, 0.29) is 18.3 Å². The van der Waals surface area contributed by atoms with Gasteiger partial charge in [0, 0.05) is 5.56 Å². The number of aliphatic hydroxyl groups is 1. The predicted octanol–water partition coefficient (Wildman–Crippen LogP) is 2.84. The van der Waals surface area contributed by atoms with Crippen LogP contribution in [0.2, 0.25) is 0 Å². The van der Waals surface area contributed by atoms with Crippen LogP contribution in [0.1, 0.15) is 24.2 Å². The van der Waals surface area contributed by atoms with Gasteiger partial charge in [0.25, 0.3) is 5.91 Å². The van der Waals surface area contributed by atoms with Gasteiger partial charge in [0.15, 0.2) is 0 Å². The molecule has 1 aliphatic rings. The third kappa shape index (κ3) is 3.46. The molecule has 0 saturated heterocycles. The van der Waals surface area contributed by atoms with Crippen LogP contribution < -0.4 is 10.1 Å². The fraction of sp³-hybridized carbons (Fsp3) is 0.211. The summed E-state index contributed by atoms with van der Waals surface area (Å²) in [5, 5.41) is 13.1. The van der Waals surface area contributed by atoms with Gasteiger partial charge in [-0.05, 0) is 36.8 Å². The van der Waals surface area contributed by atoms with Gasteiger partial charge in [-0.15, -0.1) is 0 Å². The number of hydrogen-bond acceptors (Lipinski definition) is 3. The van der Waals surface area contributed by atoms with Crippen molar-refractivity contribution >= 4 is 12.0 Å².